The lowest BCUT2D eigenvalue weighted by atomic mass is 10.2. The SMILES string of the molecule is CC1=CCC[C@H]1NC(=O)Nc1ccc(Cl)c(S(=O)(=O)C2CC[C@@H](O)C2)c1O. The van der Waals surface area contributed by atoms with Crippen molar-refractivity contribution >= 4 is 33.2 Å². The van der Waals surface area contributed by atoms with Crippen LogP contribution in [-0.2, 0) is 9.84 Å². The van der Waals surface area contributed by atoms with E-state index in [0.29, 0.717) is 12.8 Å². The lowest BCUT2D eigenvalue weighted by Crippen LogP contribution is -2.37. The zero-order valence-corrected chi connectivity index (χ0v) is 16.5. The standard InChI is InChI=1S/C18H23ClN2O5S/c1-10-3-2-4-14(10)20-18(24)21-15-8-7-13(19)17(16(15)23)27(25,26)12-6-5-11(22)9-12/h3,7-8,11-12,14,22-23H,2,4-6,9H2,1H3,(H2,20,21,24)/t11-,12?,14-/m1/s1. The van der Waals surface area contributed by atoms with E-state index in [2.05, 4.69) is 10.6 Å². The van der Waals surface area contributed by atoms with E-state index < -0.39 is 37.9 Å². The number of anilines is 1. The van der Waals surface area contributed by atoms with Crippen molar-refractivity contribution in [2.45, 2.75) is 61.3 Å². The largest absolute Gasteiger partial charge is 0.504 e. The van der Waals surface area contributed by atoms with Gasteiger partial charge in [0.2, 0.25) is 0 Å². The highest BCUT2D eigenvalue weighted by molar-refractivity contribution is 7.92. The van der Waals surface area contributed by atoms with Gasteiger partial charge in [-0.15, -0.1) is 0 Å². The Labute approximate surface area is 163 Å². The summed E-state index contributed by atoms with van der Waals surface area (Å²) in [5.41, 5.74) is 1.03. The quantitative estimate of drug-likeness (QED) is 0.446. The molecule has 2 aliphatic rings. The van der Waals surface area contributed by atoms with Crippen molar-refractivity contribution in [2.75, 3.05) is 5.32 Å². The van der Waals surface area contributed by atoms with E-state index in [1.165, 1.54) is 12.1 Å². The van der Waals surface area contributed by atoms with Gasteiger partial charge in [0.25, 0.3) is 0 Å². The second-order valence-corrected chi connectivity index (χ2v) is 9.66. The van der Waals surface area contributed by atoms with Crippen LogP contribution in [0.15, 0.2) is 28.7 Å². The van der Waals surface area contributed by atoms with Crippen LogP contribution in [0, 0.1) is 0 Å². The molecule has 2 aliphatic carbocycles. The van der Waals surface area contributed by atoms with Crippen LogP contribution in [0.25, 0.3) is 0 Å². The molecule has 1 aromatic rings. The highest BCUT2D eigenvalue weighted by Gasteiger charge is 2.38. The average molecular weight is 415 g/mol. The summed E-state index contributed by atoms with van der Waals surface area (Å²) in [6, 6.07) is 2.07. The van der Waals surface area contributed by atoms with E-state index in [1.807, 2.05) is 13.0 Å². The number of benzene rings is 1. The van der Waals surface area contributed by atoms with Crippen LogP contribution < -0.4 is 10.6 Å². The number of nitrogens with one attached hydrogen (secondary N) is 2. The molecular formula is C18H23ClN2O5S. The number of amides is 2. The highest BCUT2D eigenvalue weighted by atomic mass is 35.5. The number of carbonyl (C=O) groups is 1. The summed E-state index contributed by atoms with van der Waals surface area (Å²) in [7, 11) is -3.95. The molecule has 1 unspecified atom stereocenters. The molecule has 1 saturated carbocycles. The topological polar surface area (TPSA) is 116 Å². The van der Waals surface area contributed by atoms with E-state index in [0.717, 1.165) is 18.4 Å². The second-order valence-electron chi connectivity index (χ2n) is 7.08. The third-order valence-corrected chi connectivity index (χ3v) is 7.90. The van der Waals surface area contributed by atoms with Crippen molar-refractivity contribution in [1.82, 2.24) is 5.32 Å². The number of aliphatic hydroxyl groups excluding tert-OH is 1. The van der Waals surface area contributed by atoms with Gasteiger partial charge in [0, 0.05) is 0 Å². The fourth-order valence-corrected chi connectivity index (χ4v) is 6.08. The van der Waals surface area contributed by atoms with Gasteiger partial charge in [-0.3, -0.25) is 0 Å². The number of hydrogen-bond acceptors (Lipinski definition) is 5. The first-order chi connectivity index (χ1) is 12.7. The minimum absolute atomic E-state index is 0.0337. The van der Waals surface area contributed by atoms with Crippen molar-refractivity contribution in [2.24, 2.45) is 0 Å². The van der Waals surface area contributed by atoms with Gasteiger partial charge in [-0.25, -0.2) is 13.2 Å². The average Bonchev–Trinajstić information content (AvgIpc) is 3.19. The molecular weight excluding hydrogens is 392 g/mol. The maximum absolute atomic E-state index is 12.9. The second kappa shape index (κ2) is 7.69. The Kier molecular flexibility index (Phi) is 5.69. The molecule has 27 heavy (non-hydrogen) atoms. The van der Waals surface area contributed by atoms with Crippen molar-refractivity contribution < 1.29 is 23.4 Å². The fraction of sp³-hybridized carbons (Fsp3) is 0.500. The number of sulfone groups is 1. The normalized spacial score (nSPS) is 25.3. The monoisotopic (exact) mass is 414 g/mol. The first-order valence-corrected chi connectivity index (χ1v) is 10.8. The number of hydrogen-bond donors (Lipinski definition) is 4. The molecule has 1 aromatic carbocycles. The number of allylic oxidation sites excluding steroid dienone is 1. The maximum atomic E-state index is 12.9. The van der Waals surface area contributed by atoms with Crippen LogP contribution in [0.1, 0.15) is 39.0 Å². The van der Waals surface area contributed by atoms with E-state index in [1.54, 1.807) is 0 Å². The molecule has 0 aromatic heterocycles. The maximum Gasteiger partial charge on any atom is 0.319 e. The first-order valence-electron chi connectivity index (χ1n) is 8.87. The Morgan fingerprint density at radius 2 is 2.00 bits per heavy atom. The summed E-state index contributed by atoms with van der Waals surface area (Å²) in [4.78, 5) is 11.8. The van der Waals surface area contributed by atoms with Gasteiger partial charge in [0.05, 0.1) is 28.1 Å². The number of aliphatic hydroxyl groups is 1. The molecule has 0 aliphatic heterocycles. The van der Waals surface area contributed by atoms with Crippen LogP contribution in [0.4, 0.5) is 10.5 Å². The molecule has 0 spiro atoms. The number of phenolic OH excluding ortho intramolecular Hbond substituents is 1. The predicted octanol–water partition coefficient (Wildman–Crippen LogP) is 2.96. The van der Waals surface area contributed by atoms with Gasteiger partial charge in [-0.05, 0) is 51.2 Å². The van der Waals surface area contributed by atoms with Gasteiger partial charge in [0.15, 0.2) is 15.6 Å². The van der Waals surface area contributed by atoms with Crippen molar-refractivity contribution in [3.05, 3.63) is 28.8 Å². The van der Waals surface area contributed by atoms with Gasteiger partial charge in [-0.1, -0.05) is 23.3 Å². The van der Waals surface area contributed by atoms with Gasteiger partial charge in [-0.2, -0.15) is 0 Å². The van der Waals surface area contributed by atoms with Crippen LogP contribution in [0.2, 0.25) is 5.02 Å². The summed E-state index contributed by atoms with van der Waals surface area (Å²) in [5, 5.41) is 24.5. The molecule has 148 valence electrons. The number of halogens is 1. The van der Waals surface area contributed by atoms with Crippen molar-refractivity contribution in [3.63, 3.8) is 0 Å². The number of carbonyl (C=O) groups excluding carboxylic acids is 1. The summed E-state index contributed by atoms with van der Waals surface area (Å²) in [5.74, 6) is -0.585. The molecule has 4 N–H and O–H groups in total. The van der Waals surface area contributed by atoms with Gasteiger partial charge < -0.3 is 20.8 Å². The fourth-order valence-electron chi connectivity index (χ4n) is 3.63. The Morgan fingerprint density at radius 3 is 2.59 bits per heavy atom. The lowest BCUT2D eigenvalue weighted by molar-refractivity contribution is 0.183. The molecule has 3 atom stereocenters. The molecule has 0 heterocycles. The summed E-state index contributed by atoms with van der Waals surface area (Å²) in [6.45, 7) is 1.93. The molecule has 0 saturated heterocycles. The Bertz CT molecular complexity index is 884. The number of aromatic hydroxyl groups is 1. The Balaban J connectivity index is 1.83. The third-order valence-electron chi connectivity index (χ3n) is 5.19. The number of phenols is 1. The number of urea groups is 1. The zero-order chi connectivity index (χ0) is 19.8. The van der Waals surface area contributed by atoms with Crippen LogP contribution in [0.5, 0.6) is 5.75 Å². The lowest BCUT2D eigenvalue weighted by Gasteiger charge is -2.18. The molecule has 2 amide bonds. The van der Waals surface area contributed by atoms with E-state index in [9.17, 15) is 23.4 Å². The summed E-state index contributed by atoms with van der Waals surface area (Å²) in [6.07, 6.45) is 3.84. The van der Waals surface area contributed by atoms with E-state index in [4.69, 9.17) is 11.6 Å². The zero-order valence-electron chi connectivity index (χ0n) is 14.9. The highest BCUT2D eigenvalue weighted by Crippen LogP contribution is 2.41. The molecule has 9 heteroatoms. The Morgan fingerprint density at radius 1 is 1.26 bits per heavy atom. The van der Waals surface area contributed by atoms with Crippen molar-refractivity contribution in [1.29, 1.82) is 0 Å². The summed E-state index contributed by atoms with van der Waals surface area (Å²) < 4.78 is 25.8. The minimum atomic E-state index is -3.95. The smallest absolute Gasteiger partial charge is 0.319 e. The number of rotatable bonds is 4. The van der Waals surface area contributed by atoms with E-state index >= 15 is 0 Å². The third kappa shape index (κ3) is 4.07. The molecule has 3 rings (SSSR count). The Hall–Kier alpha value is -1.77. The van der Waals surface area contributed by atoms with Gasteiger partial charge >= 0.3 is 6.03 Å². The molecule has 7 nitrogen and oxygen atoms in total. The van der Waals surface area contributed by atoms with Crippen molar-refractivity contribution in [3.8, 4) is 5.75 Å². The molecule has 0 bridgehead atoms. The molecule has 0 radical (unpaired) electrons. The van der Waals surface area contributed by atoms with Gasteiger partial charge in [0.1, 0.15) is 4.90 Å². The van der Waals surface area contributed by atoms with Crippen LogP contribution in [0.3, 0.4) is 0 Å². The van der Waals surface area contributed by atoms with E-state index in [-0.39, 0.29) is 23.2 Å². The molecule has 1 fully saturated rings. The first kappa shape index (κ1) is 20.0. The van der Waals surface area contributed by atoms with Crippen LogP contribution in [-0.4, -0.2) is 42.1 Å². The van der Waals surface area contributed by atoms with Crippen LogP contribution >= 0.6 is 11.6 Å². The summed E-state index contributed by atoms with van der Waals surface area (Å²) >= 11 is 6.06. The predicted molar refractivity (Wildman–Crippen MR) is 103 cm³/mol. The minimum Gasteiger partial charge on any atom is -0.504 e.